The fourth-order valence-electron chi connectivity index (χ4n) is 2.15. The Morgan fingerprint density at radius 2 is 1.92 bits per heavy atom. The van der Waals surface area contributed by atoms with Crippen molar-refractivity contribution in [1.82, 2.24) is 5.43 Å². The Balaban J connectivity index is 2.12. The Morgan fingerprint density at radius 1 is 1.24 bits per heavy atom. The average Bonchev–Trinajstić information content (AvgIpc) is 2.57. The van der Waals surface area contributed by atoms with E-state index in [1.54, 1.807) is 18.3 Å². The summed E-state index contributed by atoms with van der Waals surface area (Å²) in [5.74, 6) is 0.907. The van der Waals surface area contributed by atoms with Crippen molar-refractivity contribution in [3.63, 3.8) is 0 Å². The van der Waals surface area contributed by atoms with E-state index in [4.69, 9.17) is 9.47 Å². The number of hydrogen-bond donors (Lipinski definition) is 1. The summed E-state index contributed by atoms with van der Waals surface area (Å²) >= 11 is 6.92. The summed E-state index contributed by atoms with van der Waals surface area (Å²) in [5, 5.41) is 4.01. The van der Waals surface area contributed by atoms with Gasteiger partial charge in [0.15, 0.2) is 0 Å². The summed E-state index contributed by atoms with van der Waals surface area (Å²) in [7, 11) is 1.53. The van der Waals surface area contributed by atoms with Gasteiger partial charge in [0.2, 0.25) is 0 Å². The Kier molecular flexibility index (Phi) is 7.01. The van der Waals surface area contributed by atoms with Gasteiger partial charge in [-0.3, -0.25) is 4.79 Å². The van der Waals surface area contributed by atoms with Crippen LogP contribution in [0, 0.1) is 6.92 Å². The SMILES string of the molecule is CCOc1c(Br)cc(/C=N\NC(=O)c2ccc(C)cc2OC)cc1Br. The lowest BCUT2D eigenvalue weighted by molar-refractivity contribution is 0.0952. The number of halogens is 2. The highest BCUT2D eigenvalue weighted by atomic mass is 79.9. The van der Waals surface area contributed by atoms with Crippen molar-refractivity contribution < 1.29 is 14.3 Å². The minimum Gasteiger partial charge on any atom is -0.496 e. The molecule has 0 radical (unpaired) electrons. The standard InChI is InChI=1S/C18H18Br2N2O3/c1-4-25-17-14(19)8-12(9-15(17)20)10-21-22-18(23)13-6-5-11(2)7-16(13)24-3/h5-10H,4H2,1-3H3,(H,22,23)/b21-10-. The summed E-state index contributed by atoms with van der Waals surface area (Å²) in [5.41, 5.74) is 4.76. The molecule has 0 saturated heterocycles. The van der Waals surface area contributed by atoms with E-state index in [-0.39, 0.29) is 5.91 Å². The Labute approximate surface area is 163 Å². The second-order valence-corrected chi connectivity index (χ2v) is 6.86. The van der Waals surface area contributed by atoms with E-state index < -0.39 is 0 Å². The van der Waals surface area contributed by atoms with Gasteiger partial charge in [0.25, 0.3) is 5.91 Å². The van der Waals surface area contributed by atoms with Gasteiger partial charge in [-0.15, -0.1) is 0 Å². The van der Waals surface area contributed by atoms with E-state index in [2.05, 4.69) is 42.4 Å². The lowest BCUT2D eigenvalue weighted by Gasteiger charge is -2.09. The molecule has 0 bridgehead atoms. The molecule has 0 aromatic heterocycles. The van der Waals surface area contributed by atoms with Crippen LogP contribution in [0.3, 0.4) is 0 Å². The Hall–Kier alpha value is -1.86. The molecular weight excluding hydrogens is 452 g/mol. The van der Waals surface area contributed by atoms with Gasteiger partial charge < -0.3 is 9.47 Å². The molecule has 0 spiro atoms. The van der Waals surface area contributed by atoms with E-state index in [1.165, 1.54) is 7.11 Å². The lowest BCUT2D eigenvalue weighted by atomic mass is 10.1. The molecule has 1 N–H and O–H groups in total. The van der Waals surface area contributed by atoms with E-state index in [0.717, 1.165) is 25.8 Å². The highest BCUT2D eigenvalue weighted by molar-refractivity contribution is 9.11. The van der Waals surface area contributed by atoms with Gasteiger partial charge in [-0.2, -0.15) is 5.10 Å². The Morgan fingerprint density at radius 3 is 2.52 bits per heavy atom. The van der Waals surface area contributed by atoms with Crippen LogP contribution in [0.2, 0.25) is 0 Å². The number of ether oxygens (including phenoxy) is 2. The normalized spacial score (nSPS) is 10.8. The van der Waals surface area contributed by atoms with Gasteiger partial charge >= 0.3 is 0 Å². The molecule has 2 rings (SSSR count). The zero-order valence-electron chi connectivity index (χ0n) is 14.1. The highest BCUT2D eigenvalue weighted by Gasteiger charge is 2.11. The number of aryl methyl sites for hydroxylation is 1. The number of methoxy groups -OCH3 is 1. The maximum Gasteiger partial charge on any atom is 0.275 e. The molecule has 132 valence electrons. The molecule has 0 aliphatic heterocycles. The molecule has 0 aliphatic rings. The fraction of sp³-hybridized carbons (Fsp3) is 0.222. The zero-order valence-corrected chi connectivity index (χ0v) is 17.3. The summed E-state index contributed by atoms with van der Waals surface area (Å²) in [6.45, 7) is 4.42. The maximum absolute atomic E-state index is 12.3. The van der Waals surface area contributed by atoms with Crippen LogP contribution in [0.15, 0.2) is 44.4 Å². The number of nitrogens with one attached hydrogen (secondary N) is 1. The van der Waals surface area contributed by atoms with Crippen LogP contribution in [-0.4, -0.2) is 25.8 Å². The molecular formula is C18H18Br2N2O3. The molecule has 2 aromatic rings. The monoisotopic (exact) mass is 468 g/mol. The van der Waals surface area contributed by atoms with Crippen LogP contribution in [0.4, 0.5) is 0 Å². The smallest absolute Gasteiger partial charge is 0.275 e. The van der Waals surface area contributed by atoms with Crippen molar-refractivity contribution in [2.45, 2.75) is 13.8 Å². The molecule has 0 saturated carbocycles. The predicted octanol–water partition coefficient (Wildman–Crippen LogP) is 4.69. The number of benzene rings is 2. The number of hydrogen-bond acceptors (Lipinski definition) is 4. The molecule has 0 heterocycles. The first-order chi connectivity index (χ1) is 12.0. The number of hydrazone groups is 1. The van der Waals surface area contributed by atoms with Crippen LogP contribution in [-0.2, 0) is 0 Å². The van der Waals surface area contributed by atoms with Gasteiger partial charge in [-0.25, -0.2) is 5.43 Å². The van der Waals surface area contributed by atoms with E-state index >= 15 is 0 Å². The van der Waals surface area contributed by atoms with E-state index in [0.29, 0.717) is 17.9 Å². The Bertz CT molecular complexity index is 784. The van der Waals surface area contributed by atoms with Crippen molar-refractivity contribution in [2.24, 2.45) is 5.10 Å². The molecule has 0 fully saturated rings. The zero-order chi connectivity index (χ0) is 18.4. The minimum atomic E-state index is -0.336. The fourth-order valence-corrected chi connectivity index (χ4v) is 3.60. The second kappa shape index (κ2) is 9.01. The van der Waals surface area contributed by atoms with Gasteiger partial charge in [-0.05, 0) is 81.1 Å². The summed E-state index contributed by atoms with van der Waals surface area (Å²) in [6.07, 6.45) is 1.56. The second-order valence-electron chi connectivity index (χ2n) is 5.15. The number of nitrogens with zero attached hydrogens (tertiary/aromatic N) is 1. The molecule has 2 aromatic carbocycles. The molecule has 0 unspecified atom stereocenters. The van der Waals surface area contributed by atoms with Crippen LogP contribution >= 0.6 is 31.9 Å². The van der Waals surface area contributed by atoms with Crippen molar-refractivity contribution in [3.8, 4) is 11.5 Å². The molecule has 1 amide bonds. The highest BCUT2D eigenvalue weighted by Crippen LogP contribution is 2.34. The van der Waals surface area contributed by atoms with Crippen LogP contribution in [0.5, 0.6) is 11.5 Å². The van der Waals surface area contributed by atoms with Gasteiger partial charge in [0.1, 0.15) is 11.5 Å². The molecule has 0 atom stereocenters. The van der Waals surface area contributed by atoms with Gasteiger partial charge in [0, 0.05) is 0 Å². The first-order valence-electron chi connectivity index (χ1n) is 7.56. The maximum atomic E-state index is 12.3. The predicted molar refractivity (Wildman–Crippen MR) is 106 cm³/mol. The van der Waals surface area contributed by atoms with E-state index in [1.807, 2.05) is 32.0 Å². The van der Waals surface area contributed by atoms with Crippen molar-refractivity contribution in [1.29, 1.82) is 0 Å². The van der Waals surface area contributed by atoms with Crippen LogP contribution < -0.4 is 14.9 Å². The van der Waals surface area contributed by atoms with Crippen molar-refractivity contribution in [2.75, 3.05) is 13.7 Å². The summed E-state index contributed by atoms with van der Waals surface area (Å²) in [6, 6.07) is 9.08. The largest absolute Gasteiger partial charge is 0.496 e. The topological polar surface area (TPSA) is 59.9 Å². The first kappa shape index (κ1) is 19.5. The first-order valence-corrected chi connectivity index (χ1v) is 9.14. The lowest BCUT2D eigenvalue weighted by Crippen LogP contribution is -2.18. The summed E-state index contributed by atoms with van der Waals surface area (Å²) in [4.78, 5) is 12.3. The molecule has 0 aliphatic carbocycles. The number of rotatable bonds is 6. The number of amides is 1. The third-order valence-corrected chi connectivity index (χ3v) is 4.47. The van der Waals surface area contributed by atoms with Crippen LogP contribution in [0.1, 0.15) is 28.4 Å². The minimum absolute atomic E-state index is 0.336. The quantitative estimate of drug-likeness (QED) is 0.493. The van der Waals surface area contributed by atoms with Crippen molar-refractivity contribution >= 4 is 44.0 Å². The number of carbonyl (C=O) groups is 1. The van der Waals surface area contributed by atoms with Gasteiger partial charge in [-0.1, -0.05) is 6.07 Å². The van der Waals surface area contributed by atoms with Gasteiger partial charge in [0.05, 0.1) is 34.4 Å². The third-order valence-electron chi connectivity index (χ3n) is 3.29. The van der Waals surface area contributed by atoms with E-state index in [9.17, 15) is 4.79 Å². The van der Waals surface area contributed by atoms with Crippen LogP contribution in [0.25, 0.3) is 0 Å². The third kappa shape index (κ3) is 5.06. The molecule has 5 nitrogen and oxygen atoms in total. The number of carbonyl (C=O) groups excluding carboxylic acids is 1. The molecule has 25 heavy (non-hydrogen) atoms. The van der Waals surface area contributed by atoms with Crippen molar-refractivity contribution in [3.05, 3.63) is 56.0 Å². The summed E-state index contributed by atoms with van der Waals surface area (Å²) < 4.78 is 12.4. The average molecular weight is 470 g/mol. The molecule has 7 heteroatoms.